The number of nitrogens with two attached hydrogens (primary N) is 1. The smallest absolute Gasteiger partial charge is 0.144 e. The highest BCUT2D eigenvalue weighted by Crippen LogP contribution is 2.29. The Balaban J connectivity index is 1.97. The Morgan fingerprint density at radius 3 is 2.21 bits per heavy atom. The SMILES string of the molecule is Cc1ccc(-c2cc(-c3ccc(C[SH](=O)=O)cc3)cnc2N)cn1. The zero-order valence-electron chi connectivity index (χ0n) is 13.1. The first-order chi connectivity index (χ1) is 11.5. The van der Waals surface area contributed by atoms with Gasteiger partial charge in [-0.25, -0.2) is 13.4 Å². The standard InChI is InChI=1S/C18H17N3O2S/c1-12-2-5-15(9-20-12)17-8-16(10-21-18(17)19)14-6-3-13(4-7-14)11-24(22)23/h2-10,24H,11H2,1H3,(H2,19,21). The van der Waals surface area contributed by atoms with Crippen molar-refractivity contribution in [1.29, 1.82) is 0 Å². The van der Waals surface area contributed by atoms with Gasteiger partial charge in [-0.15, -0.1) is 0 Å². The molecule has 1 aromatic carbocycles. The number of rotatable bonds is 4. The molecule has 0 aliphatic heterocycles. The van der Waals surface area contributed by atoms with Gasteiger partial charge in [-0.1, -0.05) is 30.3 Å². The van der Waals surface area contributed by atoms with E-state index in [1.54, 1.807) is 12.4 Å². The van der Waals surface area contributed by atoms with Crippen LogP contribution in [0.3, 0.4) is 0 Å². The Bertz CT molecular complexity index is 925. The van der Waals surface area contributed by atoms with Crippen molar-refractivity contribution in [3.05, 3.63) is 66.1 Å². The summed E-state index contributed by atoms with van der Waals surface area (Å²) in [6.45, 7) is 1.93. The number of aromatic nitrogens is 2. The molecule has 2 aromatic heterocycles. The van der Waals surface area contributed by atoms with Crippen molar-refractivity contribution < 1.29 is 8.42 Å². The van der Waals surface area contributed by atoms with Gasteiger partial charge in [-0.2, -0.15) is 0 Å². The van der Waals surface area contributed by atoms with E-state index in [0.717, 1.165) is 33.5 Å². The zero-order valence-corrected chi connectivity index (χ0v) is 14.0. The fourth-order valence-corrected chi connectivity index (χ4v) is 2.95. The molecule has 0 spiro atoms. The number of pyridine rings is 2. The van der Waals surface area contributed by atoms with Crippen LogP contribution in [0.4, 0.5) is 5.82 Å². The van der Waals surface area contributed by atoms with Crippen LogP contribution in [0.2, 0.25) is 0 Å². The number of anilines is 1. The number of hydrogen-bond donors (Lipinski definition) is 2. The second kappa shape index (κ2) is 6.80. The van der Waals surface area contributed by atoms with Gasteiger partial charge < -0.3 is 5.73 Å². The molecule has 2 N–H and O–H groups in total. The zero-order chi connectivity index (χ0) is 17.1. The van der Waals surface area contributed by atoms with E-state index in [1.807, 2.05) is 49.4 Å². The van der Waals surface area contributed by atoms with Crippen LogP contribution in [0.5, 0.6) is 0 Å². The van der Waals surface area contributed by atoms with E-state index in [1.165, 1.54) is 0 Å². The van der Waals surface area contributed by atoms with E-state index in [2.05, 4.69) is 9.97 Å². The molecule has 2 heterocycles. The molecular formula is C18H17N3O2S. The summed E-state index contributed by atoms with van der Waals surface area (Å²) in [5, 5.41) is 0. The van der Waals surface area contributed by atoms with Gasteiger partial charge in [0, 0.05) is 34.8 Å². The molecular weight excluding hydrogens is 322 g/mol. The predicted molar refractivity (Wildman–Crippen MR) is 96.1 cm³/mol. The molecule has 122 valence electrons. The number of benzene rings is 1. The van der Waals surface area contributed by atoms with E-state index < -0.39 is 10.7 Å². The van der Waals surface area contributed by atoms with Gasteiger partial charge in [-0.3, -0.25) is 4.98 Å². The average molecular weight is 339 g/mol. The highest BCUT2D eigenvalue weighted by Gasteiger charge is 2.08. The second-order valence-electron chi connectivity index (χ2n) is 5.53. The van der Waals surface area contributed by atoms with Crippen molar-refractivity contribution in [3.63, 3.8) is 0 Å². The number of aryl methyl sites for hydroxylation is 1. The highest BCUT2D eigenvalue weighted by atomic mass is 32.2. The Kier molecular flexibility index (Phi) is 4.57. The molecule has 0 unspecified atom stereocenters. The summed E-state index contributed by atoms with van der Waals surface area (Å²) in [5.74, 6) is 0.500. The summed E-state index contributed by atoms with van der Waals surface area (Å²) >= 11 is 0. The van der Waals surface area contributed by atoms with Crippen molar-refractivity contribution in [2.75, 3.05) is 5.73 Å². The quantitative estimate of drug-likeness (QED) is 0.714. The maximum atomic E-state index is 10.8. The van der Waals surface area contributed by atoms with Crippen molar-refractivity contribution in [2.45, 2.75) is 12.7 Å². The summed E-state index contributed by atoms with van der Waals surface area (Å²) in [6.07, 6.45) is 3.49. The topological polar surface area (TPSA) is 85.9 Å². The average Bonchev–Trinajstić information content (AvgIpc) is 2.56. The lowest BCUT2D eigenvalue weighted by Crippen LogP contribution is -1.96. The molecule has 0 atom stereocenters. The largest absolute Gasteiger partial charge is 0.383 e. The van der Waals surface area contributed by atoms with E-state index in [-0.39, 0.29) is 5.75 Å². The molecule has 3 rings (SSSR count). The van der Waals surface area contributed by atoms with Gasteiger partial charge in [-0.05, 0) is 30.2 Å². The van der Waals surface area contributed by atoms with Gasteiger partial charge in [0.05, 0.1) is 5.75 Å². The molecule has 0 saturated heterocycles. The van der Waals surface area contributed by atoms with E-state index >= 15 is 0 Å². The minimum absolute atomic E-state index is 0.0515. The van der Waals surface area contributed by atoms with E-state index in [9.17, 15) is 8.42 Å². The van der Waals surface area contributed by atoms with Crippen LogP contribution in [-0.4, -0.2) is 18.4 Å². The molecule has 0 aliphatic rings. The van der Waals surface area contributed by atoms with E-state index in [4.69, 9.17) is 5.73 Å². The van der Waals surface area contributed by atoms with Gasteiger partial charge in [0.25, 0.3) is 0 Å². The van der Waals surface area contributed by atoms with Gasteiger partial charge in [0.2, 0.25) is 0 Å². The lowest BCUT2D eigenvalue weighted by molar-refractivity contribution is 0.614. The normalized spacial score (nSPS) is 10.9. The lowest BCUT2D eigenvalue weighted by atomic mass is 10.0. The summed E-state index contributed by atoms with van der Waals surface area (Å²) in [5.41, 5.74) is 11.3. The molecule has 0 radical (unpaired) electrons. The third kappa shape index (κ3) is 3.60. The molecule has 5 nitrogen and oxygen atoms in total. The van der Waals surface area contributed by atoms with Crippen LogP contribution < -0.4 is 5.73 Å². The van der Waals surface area contributed by atoms with Crippen molar-refractivity contribution in [2.24, 2.45) is 0 Å². The molecule has 0 amide bonds. The van der Waals surface area contributed by atoms with Gasteiger partial charge in [0.1, 0.15) is 16.5 Å². The number of thiol groups is 1. The summed E-state index contributed by atoms with van der Waals surface area (Å²) in [7, 11) is -2.42. The van der Waals surface area contributed by atoms with Crippen molar-refractivity contribution in [3.8, 4) is 22.3 Å². The maximum absolute atomic E-state index is 10.8. The number of hydrogen-bond acceptors (Lipinski definition) is 5. The minimum Gasteiger partial charge on any atom is -0.383 e. The first-order valence-corrected chi connectivity index (χ1v) is 8.79. The summed E-state index contributed by atoms with van der Waals surface area (Å²) in [4.78, 5) is 8.58. The fourth-order valence-electron chi connectivity index (χ4n) is 2.44. The first-order valence-electron chi connectivity index (χ1n) is 7.42. The molecule has 3 aromatic rings. The van der Waals surface area contributed by atoms with Crippen LogP contribution >= 0.6 is 0 Å². The van der Waals surface area contributed by atoms with Gasteiger partial charge >= 0.3 is 0 Å². The van der Waals surface area contributed by atoms with Crippen LogP contribution in [-0.2, 0) is 16.5 Å². The Morgan fingerprint density at radius 2 is 1.58 bits per heavy atom. The van der Waals surface area contributed by atoms with Crippen LogP contribution in [0.25, 0.3) is 22.3 Å². The Labute approximate surface area is 142 Å². The lowest BCUT2D eigenvalue weighted by Gasteiger charge is -2.09. The van der Waals surface area contributed by atoms with Crippen molar-refractivity contribution in [1.82, 2.24) is 9.97 Å². The number of nitrogens with zero attached hydrogens (tertiary/aromatic N) is 2. The summed E-state index contributed by atoms with van der Waals surface area (Å²) in [6, 6.07) is 13.3. The third-order valence-corrected chi connectivity index (χ3v) is 4.36. The molecule has 6 heteroatoms. The highest BCUT2D eigenvalue weighted by molar-refractivity contribution is 7.71. The van der Waals surface area contributed by atoms with Gasteiger partial charge in [0.15, 0.2) is 0 Å². The van der Waals surface area contributed by atoms with Crippen LogP contribution in [0.1, 0.15) is 11.3 Å². The monoisotopic (exact) mass is 339 g/mol. The molecule has 0 fully saturated rings. The Morgan fingerprint density at radius 1 is 0.917 bits per heavy atom. The first kappa shape index (κ1) is 16.1. The second-order valence-corrected chi connectivity index (χ2v) is 6.51. The third-order valence-electron chi connectivity index (χ3n) is 3.74. The molecule has 0 saturated carbocycles. The number of nitrogen functional groups attached to an aromatic ring is 1. The maximum Gasteiger partial charge on any atom is 0.144 e. The predicted octanol–water partition coefficient (Wildman–Crippen LogP) is 2.81. The molecule has 0 bridgehead atoms. The molecule has 24 heavy (non-hydrogen) atoms. The van der Waals surface area contributed by atoms with Crippen molar-refractivity contribution >= 4 is 16.5 Å². The van der Waals surface area contributed by atoms with Crippen LogP contribution in [0, 0.1) is 6.92 Å². The van der Waals surface area contributed by atoms with E-state index in [0.29, 0.717) is 5.82 Å². The summed E-state index contributed by atoms with van der Waals surface area (Å²) < 4.78 is 21.6. The fraction of sp³-hybridized carbons (Fsp3) is 0.111. The molecule has 0 aliphatic carbocycles. The Hall–Kier alpha value is -2.73. The van der Waals surface area contributed by atoms with Crippen LogP contribution in [0.15, 0.2) is 54.9 Å². The minimum atomic E-state index is -2.42.